The second-order valence-corrected chi connectivity index (χ2v) is 7.20. The van der Waals surface area contributed by atoms with Gasteiger partial charge in [-0.3, -0.25) is 4.79 Å². The summed E-state index contributed by atoms with van der Waals surface area (Å²) in [4.78, 5) is 15.7. The van der Waals surface area contributed by atoms with E-state index in [0.717, 1.165) is 34.4 Å². The van der Waals surface area contributed by atoms with Crippen molar-refractivity contribution in [3.63, 3.8) is 0 Å². The van der Waals surface area contributed by atoms with Gasteiger partial charge in [0.1, 0.15) is 11.3 Å². The van der Waals surface area contributed by atoms with Crippen molar-refractivity contribution in [1.29, 1.82) is 0 Å². The number of aromatic nitrogens is 2. The number of carbonyl (C=O) groups excluding carboxylic acids is 1. The molecule has 0 saturated heterocycles. The van der Waals surface area contributed by atoms with E-state index in [-0.39, 0.29) is 5.41 Å². The number of fused-ring (bicyclic) bond motifs is 1. The van der Waals surface area contributed by atoms with Crippen molar-refractivity contribution >= 4 is 28.5 Å². The predicted molar refractivity (Wildman–Crippen MR) is 87.2 cm³/mol. The van der Waals surface area contributed by atoms with Crippen molar-refractivity contribution in [2.45, 2.75) is 32.7 Å². The first kappa shape index (κ1) is 14.0. The fraction of sp³-hybridized carbons (Fsp3) is 0.294. The van der Waals surface area contributed by atoms with Crippen LogP contribution in [0.4, 0.5) is 0 Å². The third-order valence-corrected chi connectivity index (χ3v) is 4.39. The number of benzene rings is 1. The Morgan fingerprint density at radius 3 is 2.76 bits per heavy atom. The molecule has 0 bridgehead atoms. The average Bonchev–Trinajstić information content (AvgIpc) is 3.06. The lowest BCUT2D eigenvalue weighted by Gasteiger charge is -2.14. The molecule has 0 spiro atoms. The lowest BCUT2D eigenvalue weighted by atomic mass is 9.93. The van der Waals surface area contributed by atoms with Gasteiger partial charge in [0.25, 0.3) is 0 Å². The van der Waals surface area contributed by atoms with Gasteiger partial charge >= 0.3 is 0 Å². The van der Waals surface area contributed by atoms with E-state index in [9.17, 15) is 4.79 Å². The van der Waals surface area contributed by atoms with Crippen LogP contribution in [0.2, 0.25) is 0 Å². The molecular weight excluding hydrogens is 280 g/mol. The number of thiazole rings is 1. The van der Waals surface area contributed by atoms with Crippen LogP contribution in [0.3, 0.4) is 0 Å². The summed E-state index contributed by atoms with van der Waals surface area (Å²) in [5.41, 5.74) is 3.00. The second kappa shape index (κ2) is 5.11. The van der Waals surface area contributed by atoms with Crippen molar-refractivity contribution < 1.29 is 4.79 Å². The molecule has 2 aromatic heterocycles. The van der Waals surface area contributed by atoms with Crippen LogP contribution >= 0.6 is 11.3 Å². The summed E-state index contributed by atoms with van der Waals surface area (Å²) in [6.07, 6.45) is 2.94. The Labute approximate surface area is 128 Å². The molecule has 0 atom stereocenters. The van der Waals surface area contributed by atoms with Gasteiger partial charge in [-0.25, -0.2) is 4.98 Å². The van der Waals surface area contributed by atoms with Crippen LogP contribution < -0.4 is 0 Å². The number of rotatable bonds is 3. The number of nitrogens with zero attached hydrogens (tertiary/aromatic N) is 2. The quantitative estimate of drug-likeness (QED) is 0.677. The normalized spacial score (nSPS) is 12.0. The third-order valence-electron chi connectivity index (χ3n) is 3.56. The molecule has 0 N–H and O–H groups in total. The number of carbonyl (C=O) groups is 1. The summed E-state index contributed by atoms with van der Waals surface area (Å²) < 4.78 is 2.15. The zero-order chi connectivity index (χ0) is 15.0. The van der Waals surface area contributed by atoms with Gasteiger partial charge in [0.15, 0.2) is 0 Å². The topological polar surface area (TPSA) is 34.9 Å². The molecule has 0 radical (unpaired) electrons. The van der Waals surface area contributed by atoms with E-state index in [1.807, 2.05) is 18.2 Å². The molecule has 0 amide bonds. The monoisotopic (exact) mass is 298 g/mol. The van der Waals surface area contributed by atoms with Crippen molar-refractivity contribution in [2.75, 3.05) is 0 Å². The van der Waals surface area contributed by atoms with Crippen molar-refractivity contribution in [3.8, 4) is 0 Å². The van der Waals surface area contributed by atoms with Crippen LogP contribution in [-0.2, 0) is 12.0 Å². The van der Waals surface area contributed by atoms with Gasteiger partial charge in [-0.15, -0.1) is 11.3 Å². The van der Waals surface area contributed by atoms with Crippen LogP contribution in [0.15, 0.2) is 35.8 Å². The smallest absolute Gasteiger partial charge is 0.150 e. The first-order valence-corrected chi connectivity index (χ1v) is 7.84. The molecule has 21 heavy (non-hydrogen) atoms. The summed E-state index contributed by atoms with van der Waals surface area (Å²) in [6.45, 7) is 7.26. The summed E-state index contributed by atoms with van der Waals surface area (Å²) in [5.74, 6) is 0. The molecule has 2 heterocycles. The average molecular weight is 298 g/mol. The molecule has 0 aliphatic rings. The zero-order valence-corrected chi connectivity index (χ0v) is 13.3. The maximum Gasteiger partial charge on any atom is 0.150 e. The third kappa shape index (κ3) is 2.76. The molecule has 1 aromatic carbocycles. The molecule has 3 nitrogen and oxygen atoms in total. The maximum atomic E-state index is 10.9. The number of hydrogen-bond acceptors (Lipinski definition) is 3. The Balaban J connectivity index is 1.94. The molecule has 108 valence electrons. The highest BCUT2D eigenvalue weighted by molar-refractivity contribution is 7.09. The van der Waals surface area contributed by atoms with Crippen LogP contribution in [0.25, 0.3) is 10.9 Å². The summed E-state index contributed by atoms with van der Waals surface area (Å²) >= 11 is 1.69. The van der Waals surface area contributed by atoms with Crippen molar-refractivity contribution in [2.24, 2.45) is 0 Å². The fourth-order valence-corrected chi connectivity index (χ4v) is 3.30. The molecule has 0 unspecified atom stereocenters. The van der Waals surface area contributed by atoms with E-state index in [0.29, 0.717) is 5.56 Å². The van der Waals surface area contributed by atoms with Gasteiger partial charge in [-0.1, -0.05) is 32.9 Å². The highest BCUT2D eigenvalue weighted by atomic mass is 32.1. The van der Waals surface area contributed by atoms with Gasteiger partial charge < -0.3 is 4.57 Å². The fourth-order valence-electron chi connectivity index (χ4n) is 2.29. The van der Waals surface area contributed by atoms with E-state index in [1.165, 1.54) is 0 Å². The van der Waals surface area contributed by atoms with Gasteiger partial charge in [-0.2, -0.15) is 0 Å². The number of aldehydes is 1. The second-order valence-electron chi connectivity index (χ2n) is 6.26. The summed E-state index contributed by atoms with van der Waals surface area (Å²) in [6, 6.07) is 7.83. The molecule has 3 rings (SSSR count). The highest BCUT2D eigenvalue weighted by Crippen LogP contribution is 2.25. The van der Waals surface area contributed by atoms with Gasteiger partial charge in [0, 0.05) is 28.1 Å². The number of hydrogen-bond donors (Lipinski definition) is 0. The van der Waals surface area contributed by atoms with E-state index >= 15 is 0 Å². The molecular formula is C17H18N2OS. The van der Waals surface area contributed by atoms with Crippen molar-refractivity contribution in [3.05, 3.63) is 52.1 Å². The van der Waals surface area contributed by atoms with Crippen molar-refractivity contribution in [1.82, 2.24) is 9.55 Å². The van der Waals surface area contributed by atoms with Crippen LogP contribution in [0.5, 0.6) is 0 Å². The zero-order valence-electron chi connectivity index (χ0n) is 12.5. The molecule has 4 heteroatoms. The predicted octanol–water partition coefficient (Wildman–Crippen LogP) is 4.26. The van der Waals surface area contributed by atoms with E-state index < -0.39 is 0 Å². The first-order valence-electron chi connectivity index (χ1n) is 6.96. The van der Waals surface area contributed by atoms with Crippen LogP contribution in [0, 0.1) is 0 Å². The molecule has 0 fully saturated rings. The summed E-state index contributed by atoms with van der Waals surface area (Å²) in [7, 11) is 0. The van der Waals surface area contributed by atoms with E-state index in [2.05, 4.69) is 43.0 Å². The van der Waals surface area contributed by atoms with Gasteiger partial charge in [-0.05, 0) is 17.5 Å². The highest BCUT2D eigenvalue weighted by Gasteiger charge is 2.17. The lowest BCUT2D eigenvalue weighted by Crippen LogP contribution is -2.11. The maximum absolute atomic E-state index is 10.9. The summed E-state index contributed by atoms with van der Waals surface area (Å²) in [5, 5.41) is 4.37. The van der Waals surface area contributed by atoms with E-state index in [4.69, 9.17) is 4.98 Å². The molecule has 0 saturated carbocycles. The molecule has 0 aliphatic carbocycles. The standard InChI is InChI=1S/C17H18N2OS/c1-17(2,3)15-11-21-16(18-15)9-19-7-6-13-5-4-12(10-20)8-14(13)19/h4-8,10-11H,9H2,1-3H3. The minimum atomic E-state index is 0.0815. The van der Waals surface area contributed by atoms with Crippen LogP contribution in [-0.4, -0.2) is 15.8 Å². The molecule has 3 aromatic rings. The Morgan fingerprint density at radius 2 is 2.10 bits per heavy atom. The Morgan fingerprint density at radius 1 is 1.29 bits per heavy atom. The lowest BCUT2D eigenvalue weighted by molar-refractivity contribution is 0.112. The van der Waals surface area contributed by atoms with E-state index in [1.54, 1.807) is 11.3 Å². The Bertz CT molecular complexity index is 793. The Kier molecular flexibility index (Phi) is 3.41. The Hall–Kier alpha value is -1.94. The largest absolute Gasteiger partial charge is 0.341 e. The minimum Gasteiger partial charge on any atom is -0.341 e. The minimum absolute atomic E-state index is 0.0815. The first-order chi connectivity index (χ1) is 9.97. The van der Waals surface area contributed by atoms with Gasteiger partial charge in [0.2, 0.25) is 0 Å². The van der Waals surface area contributed by atoms with Crippen LogP contribution in [0.1, 0.15) is 41.8 Å². The SMILES string of the molecule is CC(C)(C)c1csc(Cn2ccc3ccc(C=O)cc32)n1. The van der Waals surface area contributed by atoms with Gasteiger partial charge in [0.05, 0.1) is 12.2 Å². The molecule has 0 aliphatic heterocycles.